The molecule has 4 heteroatoms. The first-order valence-corrected chi connectivity index (χ1v) is 5.54. The number of hydrogen-bond donors (Lipinski definition) is 1. The Labute approximate surface area is 88.9 Å². The van der Waals surface area contributed by atoms with Crippen LogP contribution in [0.2, 0.25) is 0 Å². The second kappa shape index (κ2) is 4.04. The van der Waals surface area contributed by atoms with Crippen molar-refractivity contribution in [1.82, 2.24) is 9.78 Å². The summed E-state index contributed by atoms with van der Waals surface area (Å²) in [6.07, 6.45) is 5.57. The molecular formula is C11H16N2O2. The first-order valence-electron chi connectivity index (χ1n) is 5.54. The lowest BCUT2D eigenvalue weighted by Crippen LogP contribution is -2.10. The number of carboxylic acid groups (broad SMARTS) is 1. The summed E-state index contributed by atoms with van der Waals surface area (Å²) in [4.78, 5) is 10.8. The van der Waals surface area contributed by atoms with Gasteiger partial charge in [0.15, 0.2) is 5.69 Å². The molecule has 0 aliphatic heterocycles. The van der Waals surface area contributed by atoms with Crippen molar-refractivity contribution in [1.29, 1.82) is 0 Å². The molecule has 1 fully saturated rings. The molecule has 15 heavy (non-hydrogen) atoms. The topological polar surface area (TPSA) is 55.1 Å². The van der Waals surface area contributed by atoms with Gasteiger partial charge in [0, 0.05) is 5.69 Å². The minimum atomic E-state index is -0.929. The van der Waals surface area contributed by atoms with E-state index in [1.54, 1.807) is 6.07 Å². The summed E-state index contributed by atoms with van der Waals surface area (Å²) in [6.45, 7) is 2.04. The molecule has 1 aliphatic rings. The van der Waals surface area contributed by atoms with Gasteiger partial charge in [-0.3, -0.25) is 4.68 Å². The maximum absolute atomic E-state index is 10.8. The van der Waals surface area contributed by atoms with E-state index in [9.17, 15) is 4.79 Å². The number of rotatable bonds is 3. The van der Waals surface area contributed by atoms with Gasteiger partial charge in [-0.2, -0.15) is 5.10 Å². The fourth-order valence-electron chi connectivity index (χ4n) is 2.27. The Morgan fingerprint density at radius 2 is 2.27 bits per heavy atom. The fraction of sp³-hybridized carbons (Fsp3) is 0.636. The Morgan fingerprint density at radius 1 is 1.60 bits per heavy atom. The average Bonchev–Trinajstić information content (AvgIpc) is 2.86. The molecule has 0 bridgehead atoms. The highest BCUT2D eigenvalue weighted by Gasteiger charge is 2.21. The van der Waals surface area contributed by atoms with Crippen LogP contribution < -0.4 is 0 Å². The van der Waals surface area contributed by atoms with Gasteiger partial charge in [-0.15, -0.1) is 0 Å². The van der Waals surface area contributed by atoms with Gasteiger partial charge < -0.3 is 5.11 Å². The molecule has 1 saturated carbocycles. The lowest BCUT2D eigenvalue weighted by molar-refractivity contribution is 0.0689. The van der Waals surface area contributed by atoms with Crippen LogP contribution in [-0.2, 0) is 6.42 Å². The zero-order chi connectivity index (χ0) is 10.8. The molecule has 0 atom stereocenters. The highest BCUT2D eigenvalue weighted by molar-refractivity contribution is 5.85. The van der Waals surface area contributed by atoms with Gasteiger partial charge in [0.1, 0.15) is 0 Å². The lowest BCUT2D eigenvalue weighted by Gasteiger charge is -2.12. The Hall–Kier alpha value is -1.32. The van der Waals surface area contributed by atoms with Crippen molar-refractivity contribution >= 4 is 5.97 Å². The van der Waals surface area contributed by atoms with Gasteiger partial charge in [0.05, 0.1) is 6.04 Å². The molecule has 0 aromatic carbocycles. The van der Waals surface area contributed by atoms with E-state index >= 15 is 0 Å². The molecule has 2 rings (SSSR count). The molecule has 4 nitrogen and oxygen atoms in total. The van der Waals surface area contributed by atoms with Crippen molar-refractivity contribution in [2.45, 2.75) is 45.1 Å². The molecule has 0 spiro atoms. The van der Waals surface area contributed by atoms with Crippen molar-refractivity contribution in [2.75, 3.05) is 0 Å². The SMILES string of the molecule is CCc1cc(C(=O)O)nn1C1CCCC1. The first kappa shape index (κ1) is 10.2. The molecule has 1 N–H and O–H groups in total. The number of aromatic nitrogens is 2. The van der Waals surface area contributed by atoms with Crippen LogP contribution in [0.15, 0.2) is 6.07 Å². The van der Waals surface area contributed by atoms with Gasteiger partial charge in [0.2, 0.25) is 0 Å². The normalized spacial score (nSPS) is 17.1. The number of hydrogen-bond acceptors (Lipinski definition) is 2. The van der Waals surface area contributed by atoms with Crippen LogP contribution in [0.4, 0.5) is 0 Å². The van der Waals surface area contributed by atoms with Crippen LogP contribution in [0.3, 0.4) is 0 Å². The summed E-state index contributed by atoms with van der Waals surface area (Å²) in [7, 11) is 0. The summed E-state index contributed by atoms with van der Waals surface area (Å²) in [5.74, 6) is -0.929. The smallest absolute Gasteiger partial charge is 0.356 e. The third kappa shape index (κ3) is 1.89. The fourth-order valence-corrected chi connectivity index (χ4v) is 2.27. The maximum atomic E-state index is 10.8. The van der Waals surface area contributed by atoms with E-state index in [2.05, 4.69) is 5.10 Å². The molecule has 0 amide bonds. The summed E-state index contributed by atoms with van der Waals surface area (Å²) in [5.41, 5.74) is 1.22. The van der Waals surface area contributed by atoms with Crippen LogP contribution in [0.25, 0.3) is 0 Å². The van der Waals surface area contributed by atoms with Gasteiger partial charge in [-0.05, 0) is 25.3 Å². The summed E-state index contributed by atoms with van der Waals surface area (Å²) in [5, 5.41) is 13.1. The van der Waals surface area contributed by atoms with Crippen molar-refractivity contribution in [3.8, 4) is 0 Å². The minimum Gasteiger partial charge on any atom is -0.476 e. The number of nitrogens with zero attached hydrogens (tertiary/aromatic N) is 2. The van der Waals surface area contributed by atoms with E-state index in [-0.39, 0.29) is 5.69 Å². The maximum Gasteiger partial charge on any atom is 0.356 e. The van der Waals surface area contributed by atoms with Crippen LogP contribution in [0.1, 0.15) is 54.8 Å². The number of aryl methyl sites for hydroxylation is 1. The van der Waals surface area contributed by atoms with Crippen LogP contribution >= 0.6 is 0 Å². The highest BCUT2D eigenvalue weighted by Crippen LogP contribution is 2.30. The van der Waals surface area contributed by atoms with Crippen molar-refractivity contribution in [3.63, 3.8) is 0 Å². The molecule has 0 radical (unpaired) electrons. The minimum absolute atomic E-state index is 0.179. The van der Waals surface area contributed by atoms with Crippen LogP contribution in [-0.4, -0.2) is 20.9 Å². The second-order valence-electron chi connectivity index (χ2n) is 4.06. The predicted octanol–water partition coefficient (Wildman–Crippen LogP) is 2.26. The predicted molar refractivity (Wildman–Crippen MR) is 56.1 cm³/mol. The van der Waals surface area contributed by atoms with E-state index in [1.807, 2.05) is 11.6 Å². The largest absolute Gasteiger partial charge is 0.476 e. The Kier molecular flexibility index (Phi) is 2.75. The summed E-state index contributed by atoms with van der Waals surface area (Å²) in [6, 6.07) is 2.12. The zero-order valence-electron chi connectivity index (χ0n) is 8.94. The molecule has 0 unspecified atom stereocenters. The standard InChI is InChI=1S/C11H16N2O2/c1-2-8-7-10(11(14)15)12-13(8)9-5-3-4-6-9/h7,9H,2-6H2,1H3,(H,14,15). The van der Waals surface area contributed by atoms with Crippen molar-refractivity contribution in [2.24, 2.45) is 0 Å². The molecule has 1 aromatic rings. The molecule has 1 aliphatic carbocycles. The summed E-state index contributed by atoms with van der Waals surface area (Å²) >= 11 is 0. The Morgan fingerprint density at radius 3 is 2.80 bits per heavy atom. The van der Waals surface area contributed by atoms with E-state index < -0.39 is 5.97 Å². The Bertz CT molecular complexity index is 365. The third-order valence-electron chi connectivity index (χ3n) is 3.06. The summed E-state index contributed by atoms with van der Waals surface area (Å²) < 4.78 is 1.93. The molecule has 82 valence electrons. The second-order valence-corrected chi connectivity index (χ2v) is 4.06. The van der Waals surface area contributed by atoms with E-state index in [0.29, 0.717) is 6.04 Å². The van der Waals surface area contributed by atoms with Gasteiger partial charge in [-0.1, -0.05) is 19.8 Å². The van der Waals surface area contributed by atoms with Gasteiger partial charge in [0.25, 0.3) is 0 Å². The molecule has 1 aromatic heterocycles. The third-order valence-corrected chi connectivity index (χ3v) is 3.06. The monoisotopic (exact) mass is 208 g/mol. The quantitative estimate of drug-likeness (QED) is 0.828. The highest BCUT2D eigenvalue weighted by atomic mass is 16.4. The molecular weight excluding hydrogens is 192 g/mol. The van der Waals surface area contributed by atoms with E-state index in [4.69, 9.17) is 5.11 Å². The van der Waals surface area contributed by atoms with E-state index in [1.165, 1.54) is 12.8 Å². The van der Waals surface area contributed by atoms with Gasteiger partial charge >= 0.3 is 5.97 Å². The van der Waals surface area contributed by atoms with Crippen molar-refractivity contribution < 1.29 is 9.90 Å². The molecule has 1 heterocycles. The number of carbonyl (C=O) groups is 1. The zero-order valence-corrected chi connectivity index (χ0v) is 8.94. The van der Waals surface area contributed by atoms with Crippen LogP contribution in [0, 0.1) is 0 Å². The van der Waals surface area contributed by atoms with E-state index in [0.717, 1.165) is 25.0 Å². The Balaban J connectivity index is 2.31. The average molecular weight is 208 g/mol. The van der Waals surface area contributed by atoms with Crippen LogP contribution in [0.5, 0.6) is 0 Å². The number of aromatic carboxylic acids is 1. The molecule has 0 saturated heterocycles. The number of carboxylic acids is 1. The lowest BCUT2D eigenvalue weighted by atomic mass is 10.2. The first-order chi connectivity index (χ1) is 7.22. The van der Waals surface area contributed by atoms with Crippen molar-refractivity contribution in [3.05, 3.63) is 17.5 Å². The van der Waals surface area contributed by atoms with Gasteiger partial charge in [-0.25, -0.2) is 4.79 Å².